The van der Waals surface area contributed by atoms with E-state index in [1.807, 2.05) is 0 Å². The molecule has 0 aromatic carbocycles. The quantitative estimate of drug-likeness (QED) is 0.433. The molecule has 0 amide bonds. The van der Waals surface area contributed by atoms with Crippen molar-refractivity contribution in [1.29, 1.82) is 0 Å². The van der Waals surface area contributed by atoms with Gasteiger partial charge in [0, 0.05) is 0 Å². The first kappa shape index (κ1) is 6.03. The second-order valence-corrected chi connectivity index (χ2v) is 2.39. The predicted molar refractivity (Wildman–Crippen MR) is 31.0 cm³/mol. The van der Waals surface area contributed by atoms with Gasteiger partial charge in [-0.25, -0.2) is 0 Å². The van der Waals surface area contributed by atoms with Gasteiger partial charge in [-0.15, -0.1) is 0 Å². The predicted octanol–water partition coefficient (Wildman–Crippen LogP) is 0.570. The van der Waals surface area contributed by atoms with E-state index < -0.39 is 21.6 Å². The number of rotatable bonds is 0. The highest BCUT2D eigenvalue weighted by atomic mass is 32.1. The monoisotopic (exact) mass is 148 g/mol. The molecule has 1 heterocycles. The van der Waals surface area contributed by atoms with Crippen molar-refractivity contribution in [2.75, 3.05) is 0 Å². The van der Waals surface area contributed by atoms with Gasteiger partial charge in [0.2, 0.25) is 21.6 Å². The molecule has 4 N–H and O–H groups in total. The third-order valence-corrected chi connectivity index (χ3v) is 1.60. The summed E-state index contributed by atoms with van der Waals surface area (Å²) in [4.78, 5) is 0. The van der Waals surface area contributed by atoms with Crippen LogP contribution in [0.2, 0.25) is 0 Å². The van der Waals surface area contributed by atoms with Gasteiger partial charge in [0.15, 0.2) is 0 Å². The van der Waals surface area contributed by atoms with Crippen molar-refractivity contribution in [3.05, 3.63) is 0 Å². The Hall–Kier alpha value is -1.10. The molecular formula is C4H4O4S. The normalized spacial score (nSPS) is 9.78. The van der Waals surface area contributed by atoms with Gasteiger partial charge in [0.1, 0.15) is 0 Å². The first-order chi connectivity index (χ1) is 4.13. The molecule has 9 heavy (non-hydrogen) atoms. The molecule has 0 saturated carbocycles. The second-order valence-electron chi connectivity index (χ2n) is 1.41. The van der Waals surface area contributed by atoms with Crippen molar-refractivity contribution in [2.45, 2.75) is 0 Å². The molecule has 0 saturated heterocycles. The molecule has 4 nitrogen and oxygen atoms in total. The minimum Gasteiger partial charge on any atom is -0.501 e. The van der Waals surface area contributed by atoms with Crippen molar-refractivity contribution in [2.24, 2.45) is 0 Å². The third kappa shape index (κ3) is 0.746. The maximum absolute atomic E-state index is 8.58. The van der Waals surface area contributed by atoms with Crippen molar-refractivity contribution < 1.29 is 20.4 Å². The number of hydrogen-bond donors (Lipinski definition) is 4. The molecule has 50 valence electrons. The first-order valence-electron chi connectivity index (χ1n) is 2.05. The third-order valence-electron chi connectivity index (χ3n) is 0.823. The Kier molecular flexibility index (Phi) is 1.14. The molecule has 1 aromatic rings. The summed E-state index contributed by atoms with van der Waals surface area (Å²) < 4.78 is 0. The zero-order valence-electron chi connectivity index (χ0n) is 4.20. The van der Waals surface area contributed by atoms with Gasteiger partial charge in [-0.1, -0.05) is 11.3 Å². The molecule has 1 rings (SSSR count). The van der Waals surface area contributed by atoms with Crippen LogP contribution in [0.4, 0.5) is 0 Å². The fourth-order valence-corrected chi connectivity index (χ4v) is 0.961. The summed E-state index contributed by atoms with van der Waals surface area (Å²) in [5.41, 5.74) is 0. The van der Waals surface area contributed by atoms with E-state index >= 15 is 0 Å². The molecule has 0 bridgehead atoms. The van der Waals surface area contributed by atoms with Crippen LogP contribution >= 0.6 is 11.3 Å². The van der Waals surface area contributed by atoms with Crippen molar-refractivity contribution in [1.82, 2.24) is 0 Å². The van der Waals surface area contributed by atoms with Crippen LogP contribution in [0.1, 0.15) is 0 Å². The lowest BCUT2D eigenvalue weighted by molar-refractivity contribution is 0.363. The summed E-state index contributed by atoms with van der Waals surface area (Å²) >= 11 is 0.507. The fourth-order valence-electron chi connectivity index (χ4n) is 0.391. The minimum absolute atomic E-state index is 0.481. The molecular weight excluding hydrogens is 144 g/mol. The van der Waals surface area contributed by atoms with E-state index in [0.717, 1.165) is 0 Å². The van der Waals surface area contributed by atoms with Crippen molar-refractivity contribution >= 4 is 11.3 Å². The molecule has 0 atom stereocenters. The zero-order valence-corrected chi connectivity index (χ0v) is 5.01. The van der Waals surface area contributed by atoms with E-state index in [9.17, 15) is 0 Å². The van der Waals surface area contributed by atoms with Crippen molar-refractivity contribution in [3.8, 4) is 21.6 Å². The van der Waals surface area contributed by atoms with E-state index in [1.165, 1.54) is 0 Å². The average Bonchev–Trinajstić information content (AvgIpc) is 1.98. The summed E-state index contributed by atoms with van der Waals surface area (Å²) in [6.45, 7) is 0. The summed E-state index contributed by atoms with van der Waals surface area (Å²) in [5.74, 6) is -1.34. The van der Waals surface area contributed by atoms with Crippen LogP contribution in [0.3, 0.4) is 0 Å². The molecule has 0 spiro atoms. The SMILES string of the molecule is Oc1sc(O)c(O)c1O. The van der Waals surface area contributed by atoms with Crippen LogP contribution in [-0.4, -0.2) is 20.4 Å². The Bertz CT molecular complexity index is 206. The van der Waals surface area contributed by atoms with Gasteiger partial charge in [-0.05, 0) is 0 Å². The Morgan fingerprint density at radius 2 is 1.11 bits per heavy atom. The van der Waals surface area contributed by atoms with Crippen LogP contribution in [0.25, 0.3) is 0 Å². The van der Waals surface area contributed by atoms with E-state index in [1.54, 1.807) is 0 Å². The number of hydrogen-bond acceptors (Lipinski definition) is 5. The molecule has 5 heteroatoms. The highest BCUT2D eigenvalue weighted by Gasteiger charge is 2.14. The fraction of sp³-hybridized carbons (Fsp3) is 0. The van der Waals surface area contributed by atoms with E-state index in [0.29, 0.717) is 11.3 Å². The lowest BCUT2D eigenvalue weighted by atomic mass is 10.5. The highest BCUT2D eigenvalue weighted by molar-refractivity contribution is 7.16. The molecule has 0 aliphatic rings. The molecule has 0 aliphatic carbocycles. The molecule has 0 radical (unpaired) electrons. The van der Waals surface area contributed by atoms with Crippen LogP contribution in [-0.2, 0) is 0 Å². The maximum Gasteiger partial charge on any atom is 0.221 e. The van der Waals surface area contributed by atoms with Crippen LogP contribution < -0.4 is 0 Å². The van der Waals surface area contributed by atoms with Gasteiger partial charge in [0.25, 0.3) is 0 Å². The Labute approximate surface area is 54.2 Å². The lowest BCUT2D eigenvalue weighted by Crippen LogP contribution is -1.56. The molecule has 0 aliphatic heterocycles. The van der Waals surface area contributed by atoms with Gasteiger partial charge >= 0.3 is 0 Å². The van der Waals surface area contributed by atoms with Crippen LogP contribution in [0.5, 0.6) is 21.6 Å². The molecule has 0 unspecified atom stereocenters. The lowest BCUT2D eigenvalue weighted by Gasteiger charge is -1.85. The summed E-state index contributed by atoms with van der Waals surface area (Å²) in [6, 6.07) is 0. The first-order valence-corrected chi connectivity index (χ1v) is 2.87. The Morgan fingerprint density at radius 3 is 1.22 bits per heavy atom. The smallest absolute Gasteiger partial charge is 0.221 e. The highest BCUT2D eigenvalue weighted by Crippen LogP contribution is 2.49. The standard InChI is InChI=1S/C4H4O4S/c5-1-2(6)4(8)9-3(1)7/h5-8H. The largest absolute Gasteiger partial charge is 0.501 e. The van der Waals surface area contributed by atoms with Gasteiger partial charge in [-0.2, -0.15) is 0 Å². The summed E-state index contributed by atoms with van der Waals surface area (Å²) in [6.07, 6.45) is 0. The molecule has 0 fully saturated rings. The van der Waals surface area contributed by atoms with E-state index in [4.69, 9.17) is 20.4 Å². The maximum atomic E-state index is 8.58. The Morgan fingerprint density at radius 1 is 0.778 bits per heavy atom. The van der Waals surface area contributed by atoms with E-state index in [-0.39, 0.29) is 0 Å². The second kappa shape index (κ2) is 1.70. The van der Waals surface area contributed by atoms with Gasteiger partial charge < -0.3 is 20.4 Å². The zero-order chi connectivity index (χ0) is 7.02. The van der Waals surface area contributed by atoms with Crippen molar-refractivity contribution in [3.63, 3.8) is 0 Å². The van der Waals surface area contributed by atoms with E-state index in [2.05, 4.69) is 0 Å². The van der Waals surface area contributed by atoms with Gasteiger partial charge in [0.05, 0.1) is 0 Å². The average molecular weight is 148 g/mol. The summed E-state index contributed by atoms with van der Waals surface area (Å²) in [5, 5.41) is 33.3. The Balaban J connectivity index is 3.29. The van der Waals surface area contributed by atoms with Crippen LogP contribution in [0.15, 0.2) is 0 Å². The minimum atomic E-state index is -0.669. The van der Waals surface area contributed by atoms with Crippen LogP contribution in [0, 0.1) is 0 Å². The number of aromatic hydroxyl groups is 4. The summed E-state index contributed by atoms with van der Waals surface area (Å²) in [7, 11) is 0. The topological polar surface area (TPSA) is 80.9 Å². The number of thiophene rings is 1. The van der Waals surface area contributed by atoms with Gasteiger partial charge in [-0.3, -0.25) is 0 Å². The molecule has 1 aromatic heterocycles.